The fraction of sp³-hybridized carbons (Fsp3) is 0.556. The molecular formula is C18H22ClN5O3S. The molecule has 0 aliphatic heterocycles. The maximum atomic E-state index is 11.4. The normalized spacial score (nSPS) is 21.4. The lowest BCUT2D eigenvalue weighted by Gasteiger charge is -2.35. The number of halogens is 1. The van der Waals surface area contributed by atoms with Gasteiger partial charge in [0.25, 0.3) is 0 Å². The highest BCUT2D eigenvalue weighted by Crippen LogP contribution is 2.39. The summed E-state index contributed by atoms with van der Waals surface area (Å²) in [5.41, 5.74) is 8.95. The van der Waals surface area contributed by atoms with E-state index in [0.29, 0.717) is 35.7 Å². The molecule has 2 heterocycles. The first kappa shape index (κ1) is 20.6. The molecule has 8 nitrogen and oxygen atoms in total. The van der Waals surface area contributed by atoms with Crippen LogP contribution in [0, 0.1) is 5.92 Å². The number of ether oxygens (including phenoxy) is 1. The van der Waals surface area contributed by atoms with Crippen molar-refractivity contribution >= 4 is 32.2 Å². The summed E-state index contributed by atoms with van der Waals surface area (Å²) in [4.78, 5) is 11.6. The SMILES string of the molecule is CCC(C)(N=[N+]=[N-])c1cnc(OC2CC(CS(C)(=O)=O)C2)c2cnc(Cl)cc12. The van der Waals surface area contributed by atoms with E-state index in [1.54, 1.807) is 18.5 Å². The van der Waals surface area contributed by atoms with Gasteiger partial charge in [-0.15, -0.1) is 0 Å². The van der Waals surface area contributed by atoms with Crippen LogP contribution in [0.5, 0.6) is 5.88 Å². The highest BCUT2D eigenvalue weighted by molar-refractivity contribution is 7.90. The number of aromatic nitrogens is 2. The number of nitrogens with zero attached hydrogens (tertiary/aromatic N) is 5. The summed E-state index contributed by atoms with van der Waals surface area (Å²) in [6.45, 7) is 3.78. The molecule has 1 atom stereocenters. The largest absolute Gasteiger partial charge is 0.474 e. The lowest BCUT2D eigenvalue weighted by Crippen LogP contribution is -2.37. The van der Waals surface area contributed by atoms with Gasteiger partial charge in [-0.05, 0) is 54.7 Å². The molecule has 1 aliphatic carbocycles. The Kier molecular flexibility index (Phi) is 5.70. The molecular weight excluding hydrogens is 402 g/mol. The van der Waals surface area contributed by atoms with Gasteiger partial charge in [0.1, 0.15) is 21.1 Å². The minimum atomic E-state index is -2.99. The highest BCUT2D eigenvalue weighted by Gasteiger charge is 2.34. The molecule has 0 amide bonds. The van der Waals surface area contributed by atoms with Gasteiger partial charge in [0.05, 0.1) is 16.7 Å². The monoisotopic (exact) mass is 423 g/mol. The summed E-state index contributed by atoms with van der Waals surface area (Å²) in [5, 5.41) is 5.74. The van der Waals surface area contributed by atoms with E-state index in [9.17, 15) is 8.42 Å². The maximum absolute atomic E-state index is 11.4. The number of pyridine rings is 2. The molecule has 1 aliphatic rings. The van der Waals surface area contributed by atoms with Gasteiger partial charge in [-0.1, -0.05) is 23.6 Å². The Balaban J connectivity index is 1.92. The number of rotatable bonds is 7. The van der Waals surface area contributed by atoms with Crippen LogP contribution in [0.2, 0.25) is 5.15 Å². The third-order valence-electron chi connectivity index (χ3n) is 5.25. The number of azide groups is 1. The summed E-state index contributed by atoms with van der Waals surface area (Å²) in [5.74, 6) is 0.717. The second kappa shape index (κ2) is 7.73. The van der Waals surface area contributed by atoms with E-state index in [4.69, 9.17) is 21.9 Å². The molecule has 3 rings (SSSR count). The minimum Gasteiger partial charge on any atom is -0.474 e. The molecule has 2 aromatic heterocycles. The van der Waals surface area contributed by atoms with Gasteiger partial charge in [-0.25, -0.2) is 18.4 Å². The molecule has 0 radical (unpaired) electrons. The smallest absolute Gasteiger partial charge is 0.223 e. The maximum Gasteiger partial charge on any atom is 0.223 e. The van der Waals surface area contributed by atoms with Gasteiger partial charge in [0.2, 0.25) is 5.88 Å². The molecule has 10 heteroatoms. The first-order chi connectivity index (χ1) is 13.1. The standard InChI is InChI=1S/C18H22ClN5O3S/c1-4-18(2,23-24-20)15-9-22-17(14-8-21-16(19)7-13(14)15)27-12-5-11(6-12)10-28(3,25)26/h7-9,11-12H,4-6,10H2,1-3H3. The van der Waals surface area contributed by atoms with Crippen LogP contribution >= 0.6 is 11.6 Å². The minimum absolute atomic E-state index is 0.0846. The summed E-state index contributed by atoms with van der Waals surface area (Å²) in [7, 11) is -2.99. The molecule has 0 bridgehead atoms. The Bertz CT molecular complexity index is 1050. The second-order valence-electron chi connectivity index (χ2n) is 7.52. The topological polar surface area (TPSA) is 118 Å². The van der Waals surface area contributed by atoms with Gasteiger partial charge in [-0.2, -0.15) is 0 Å². The number of fused-ring (bicyclic) bond motifs is 1. The van der Waals surface area contributed by atoms with E-state index in [0.717, 1.165) is 10.9 Å². The van der Waals surface area contributed by atoms with Crippen molar-refractivity contribution in [2.45, 2.75) is 44.8 Å². The van der Waals surface area contributed by atoms with Crippen molar-refractivity contribution in [3.8, 4) is 5.88 Å². The molecule has 28 heavy (non-hydrogen) atoms. The van der Waals surface area contributed by atoms with Crippen LogP contribution < -0.4 is 4.74 Å². The van der Waals surface area contributed by atoms with E-state index < -0.39 is 15.4 Å². The molecule has 0 spiro atoms. The zero-order valence-electron chi connectivity index (χ0n) is 16.0. The van der Waals surface area contributed by atoms with Crippen molar-refractivity contribution < 1.29 is 13.2 Å². The molecule has 150 valence electrons. The predicted octanol–water partition coefficient (Wildman–Crippen LogP) is 4.42. The van der Waals surface area contributed by atoms with Crippen LogP contribution in [0.4, 0.5) is 0 Å². The molecule has 1 unspecified atom stereocenters. The van der Waals surface area contributed by atoms with Crippen molar-refractivity contribution in [1.82, 2.24) is 9.97 Å². The van der Waals surface area contributed by atoms with Gasteiger partial charge in [0, 0.05) is 23.6 Å². The van der Waals surface area contributed by atoms with Crippen molar-refractivity contribution in [2.75, 3.05) is 12.0 Å². The Hall–Kier alpha value is -2.09. The van der Waals surface area contributed by atoms with Crippen molar-refractivity contribution in [3.63, 3.8) is 0 Å². The van der Waals surface area contributed by atoms with E-state index in [1.807, 2.05) is 13.8 Å². The Morgan fingerprint density at radius 1 is 1.36 bits per heavy atom. The quantitative estimate of drug-likeness (QED) is 0.282. The molecule has 0 aromatic carbocycles. The Morgan fingerprint density at radius 3 is 2.68 bits per heavy atom. The zero-order chi connectivity index (χ0) is 20.5. The Morgan fingerprint density at radius 2 is 2.07 bits per heavy atom. The summed E-state index contributed by atoms with van der Waals surface area (Å²) in [6.07, 6.45) is 6.34. The van der Waals surface area contributed by atoms with Gasteiger partial charge < -0.3 is 4.74 Å². The van der Waals surface area contributed by atoms with Gasteiger partial charge in [-0.3, -0.25) is 0 Å². The Labute approximate surface area is 168 Å². The van der Waals surface area contributed by atoms with Crippen LogP contribution in [0.3, 0.4) is 0 Å². The average molecular weight is 424 g/mol. The lowest BCUT2D eigenvalue weighted by molar-refractivity contribution is 0.0725. The summed E-state index contributed by atoms with van der Waals surface area (Å²) < 4.78 is 28.8. The summed E-state index contributed by atoms with van der Waals surface area (Å²) >= 11 is 6.11. The van der Waals surface area contributed by atoms with E-state index in [-0.39, 0.29) is 17.8 Å². The number of hydrogen-bond donors (Lipinski definition) is 0. The van der Waals surface area contributed by atoms with Crippen molar-refractivity contribution in [3.05, 3.63) is 39.6 Å². The second-order valence-corrected chi connectivity index (χ2v) is 10.1. The zero-order valence-corrected chi connectivity index (χ0v) is 17.5. The number of sulfone groups is 1. The van der Waals surface area contributed by atoms with Crippen molar-refractivity contribution in [2.24, 2.45) is 11.0 Å². The third kappa shape index (κ3) is 4.32. The highest BCUT2D eigenvalue weighted by atomic mass is 35.5. The molecule has 0 N–H and O–H groups in total. The van der Waals surface area contributed by atoms with Crippen LogP contribution in [0.15, 0.2) is 23.6 Å². The van der Waals surface area contributed by atoms with Gasteiger partial charge >= 0.3 is 0 Å². The fourth-order valence-electron chi connectivity index (χ4n) is 3.52. The summed E-state index contributed by atoms with van der Waals surface area (Å²) in [6, 6.07) is 1.72. The van der Waals surface area contributed by atoms with Crippen LogP contribution in [-0.2, 0) is 15.4 Å². The molecule has 2 aromatic rings. The average Bonchev–Trinajstić information content (AvgIpc) is 2.58. The number of hydrogen-bond acceptors (Lipinski definition) is 6. The van der Waals surface area contributed by atoms with E-state index >= 15 is 0 Å². The molecule has 1 saturated carbocycles. The van der Waals surface area contributed by atoms with Crippen LogP contribution in [-0.4, -0.2) is 36.5 Å². The lowest BCUT2D eigenvalue weighted by atomic mass is 9.84. The predicted molar refractivity (Wildman–Crippen MR) is 108 cm³/mol. The first-order valence-corrected chi connectivity index (χ1v) is 11.4. The van der Waals surface area contributed by atoms with Crippen LogP contribution in [0.1, 0.15) is 38.7 Å². The third-order valence-corrected chi connectivity index (χ3v) is 6.53. The van der Waals surface area contributed by atoms with E-state index in [2.05, 4.69) is 20.0 Å². The van der Waals surface area contributed by atoms with Gasteiger partial charge in [0.15, 0.2) is 0 Å². The molecule has 0 saturated heterocycles. The first-order valence-electron chi connectivity index (χ1n) is 9.00. The van der Waals surface area contributed by atoms with E-state index in [1.165, 1.54) is 6.26 Å². The molecule has 1 fully saturated rings. The van der Waals surface area contributed by atoms with Crippen molar-refractivity contribution in [1.29, 1.82) is 0 Å². The fourth-order valence-corrected chi connectivity index (χ4v) is 4.80. The van der Waals surface area contributed by atoms with Crippen LogP contribution in [0.25, 0.3) is 21.2 Å².